The molecular weight excluding hydrogens is 378 g/mol. The zero-order chi connectivity index (χ0) is 20.0. The third-order valence-electron chi connectivity index (χ3n) is 5.28. The Morgan fingerprint density at radius 2 is 1.89 bits per heavy atom. The van der Waals surface area contributed by atoms with Gasteiger partial charge in [-0.05, 0) is 54.8 Å². The second-order valence-electron chi connectivity index (χ2n) is 7.06. The summed E-state index contributed by atoms with van der Waals surface area (Å²) in [5.74, 6) is -0.212. The first-order valence-corrected chi connectivity index (χ1v) is 9.43. The number of rotatable bonds is 4. The quantitative estimate of drug-likeness (QED) is 0.660. The van der Waals surface area contributed by atoms with Crippen LogP contribution in [0.15, 0.2) is 45.6 Å². The molecule has 4 rings (SSSR count). The fourth-order valence-corrected chi connectivity index (χ4v) is 3.92. The average Bonchev–Trinajstić information content (AvgIpc) is 2.94. The number of halogens is 1. The highest BCUT2D eigenvalue weighted by atomic mass is 35.5. The molecule has 0 saturated carbocycles. The molecule has 1 aromatic heterocycles. The fourth-order valence-electron chi connectivity index (χ4n) is 3.72. The lowest BCUT2D eigenvalue weighted by molar-refractivity contribution is 0.0663. The summed E-state index contributed by atoms with van der Waals surface area (Å²) in [6.07, 6.45) is 0. The van der Waals surface area contributed by atoms with Crippen molar-refractivity contribution < 1.29 is 13.9 Å². The minimum absolute atomic E-state index is 0.0989. The number of ether oxygens (including phenoxy) is 1. The molecule has 0 saturated heterocycles. The number of amides is 1. The second kappa shape index (κ2) is 7.08. The second-order valence-corrected chi connectivity index (χ2v) is 7.49. The minimum Gasteiger partial charge on any atom is -0.450 e. The predicted molar refractivity (Wildman–Crippen MR) is 108 cm³/mol. The Morgan fingerprint density at radius 1 is 1.14 bits per heavy atom. The predicted octanol–water partition coefficient (Wildman–Crippen LogP) is 4.25. The van der Waals surface area contributed by atoms with E-state index < -0.39 is 6.04 Å². The number of carbonyl (C=O) groups excluding carboxylic acids is 1. The van der Waals surface area contributed by atoms with Gasteiger partial charge < -0.3 is 14.1 Å². The molecule has 3 aromatic rings. The molecule has 6 heteroatoms. The van der Waals surface area contributed by atoms with Crippen LogP contribution in [0, 0.1) is 13.8 Å². The van der Waals surface area contributed by atoms with Crippen molar-refractivity contribution in [2.24, 2.45) is 0 Å². The molecule has 0 aliphatic carbocycles. The van der Waals surface area contributed by atoms with Crippen molar-refractivity contribution in [3.8, 4) is 0 Å². The molecule has 1 atom stereocenters. The summed E-state index contributed by atoms with van der Waals surface area (Å²) < 4.78 is 11.1. The van der Waals surface area contributed by atoms with E-state index in [0.29, 0.717) is 34.7 Å². The molecule has 0 bridgehead atoms. The van der Waals surface area contributed by atoms with Gasteiger partial charge in [-0.15, -0.1) is 0 Å². The molecule has 1 amide bonds. The zero-order valence-corrected chi connectivity index (χ0v) is 16.7. The molecule has 0 N–H and O–H groups in total. The number of aryl methyl sites for hydroxylation is 2. The SMILES string of the molecule is COCCN1C(=O)c2oc3cc(C)c(C)cc3c(=O)c2C1c1cccc(Cl)c1. The summed E-state index contributed by atoms with van der Waals surface area (Å²) in [6.45, 7) is 4.59. The van der Waals surface area contributed by atoms with Crippen LogP contribution in [0.5, 0.6) is 0 Å². The lowest BCUT2D eigenvalue weighted by Gasteiger charge is -2.24. The third-order valence-corrected chi connectivity index (χ3v) is 5.52. The van der Waals surface area contributed by atoms with Crippen LogP contribution < -0.4 is 5.43 Å². The Kier molecular flexibility index (Phi) is 4.73. The minimum atomic E-state index is -0.557. The average molecular weight is 398 g/mol. The summed E-state index contributed by atoms with van der Waals surface area (Å²) in [4.78, 5) is 28.2. The van der Waals surface area contributed by atoms with Crippen molar-refractivity contribution in [1.29, 1.82) is 0 Å². The first-order chi connectivity index (χ1) is 13.4. The summed E-state index contributed by atoms with van der Waals surface area (Å²) >= 11 is 6.18. The summed E-state index contributed by atoms with van der Waals surface area (Å²) in [5, 5.41) is 1.03. The maximum Gasteiger partial charge on any atom is 0.290 e. The van der Waals surface area contributed by atoms with Crippen LogP contribution in [0.2, 0.25) is 5.02 Å². The first kappa shape index (κ1) is 18.7. The van der Waals surface area contributed by atoms with Crippen LogP contribution in [-0.2, 0) is 4.74 Å². The highest BCUT2D eigenvalue weighted by Gasteiger charge is 2.42. The molecule has 1 unspecified atom stereocenters. The monoisotopic (exact) mass is 397 g/mol. The Hall–Kier alpha value is -2.63. The number of carbonyl (C=O) groups is 1. The van der Waals surface area contributed by atoms with Crippen LogP contribution in [0.1, 0.15) is 38.9 Å². The maximum absolute atomic E-state index is 13.4. The van der Waals surface area contributed by atoms with Crippen LogP contribution in [0.25, 0.3) is 11.0 Å². The smallest absolute Gasteiger partial charge is 0.290 e. The van der Waals surface area contributed by atoms with Crippen molar-refractivity contribution in [3.63, 3.8) is 0 Å². The van der Waals surface area contributed by atoms with Crippen molar-refractivity contribution in [3.05, 3.63) is 79.7 Å². The van der Waals surface area contributed by atoms with Crippen molar-refractivity contribution >= 4 is 28.5 Å². The van der Waals surface area contributed by atoms with Gasteiger partial charge >= 0.3 is 0 Å². The lowest BCUT2D eigenvalue weighted by atomic mass is 9.97. The zero-order valence-electron chi connectivity index (χ0n) is 15.9. The summed E-state index contributed by atoms with van der Waals surface area (Å²) in [5.41, 5.74) is 3.38. The van der Waals surface area contributed by atoms with Gasteiger partial charge in [-0.1, -0.05) is 23.7 Å². The van der Waals surface area contributed by atoms with E-state index in [2.05, 4.69) is 0 Å². The highest BCUT2D eigenvalue weighted by Crippen LogP contribution is 2.38. The van der Waals surface area contributed by atoms with Crippen molar-refractivity contribution in [2.75, 3.05) is 20.3 Å². The number of hydrogen-bond donors (Lipinski definition) is 0. The number of fused-ring (bicyclic) bond motifs is 2. The molecule has 2 aromatic carbocycles. The van der Waals surface area contributed by atoms with Gasteiger partial charge in [0.05, 0.1) is 23.6 Å². The van der Waals surface area contributed by atoms with E-state index in [1.165, 1.54) is 0 Å². The molecule has 0 spiro atoms. The molecule has 1 aliphatic heterocycles. The fraction of sp³-hybridized carbons (Fsp3) is 0.273. The van der Waals surface area contributed by atoms with Crippen LogP contribution in [0.3, 0.4) is 0 Å². The highest BCUT2D eigenvalue weighted by molar-refractivity contribution is 6.30. The van der Waals surface area contributed by atoms with Gasteiger partial charge in [0.25, 0.3) is 5.91 Å². The van der Waals surface area contributed by atoms with E-state index in [1.54, 1.807) is 24.1 Å². The van der Waals surface area contributed by atoms with Gasteiger partial charge in [0.1, 0.15) is 5.58 Å². The molecule has 0 fully saturated rings. The summed E-state index contributed by atoms with van der Waals surface area (Å²) in [6, 6.07) is 10.3. The molecular formula is C22H20ClNO4. The number of benzene rings is 2. The van der Waals surface area contributed by atoms with Gasteiger partial charge in [0.15, 0.2) is 5.43 Å². The number of hydrogen-bond acceptors (Lipinski definition) is 4. The molecule has 5 nitrogen and oxygen atoms in total. The number of nitrogens with zero attached hydrogens (tertiary/aromatic N) is 1. The first-order valence-electron chi connectivity index (χ1n) is 9.05. The van der Waals surface area contributed by atoms with E-state index >= 15 is 0 Å². The Morgan fingerprint density at radius 3 is 2.61 bits per heavy atom. The van der Waals surface area contributed by atoms with E-state index in [0.717, 1.165) is 16.7 Å². The molecule has 144 valence electrons. The Balaban J connectivity index is 2.00. The number of methoxy groups -OCH3 is 1. The Bertz CT molecular complexity index is 1150. The van der Waals surface area contributed by atoms with Gasteiger partial charge in [0, 0.05) is 18.7 Å². The molecule has 0 radical (unpaired) electrons. The topological polar surface area (TPSA) is 59.8 Å². The van der Waals surface area contributed by atoms with Gasteiger partial charge in [-0.2, -0.15) is 0 Å². The van der Waals surface area contributed by atoms with E-state index in [4.69, 9.17) is 20.8 Å². The van der Waals surface area contributed by atoms with Crippen LogP contribution in [0.4, 0.5) is 0 Å². The van der Waals surface area contributed by atoms with Gasteiger partial charge in [-0.25, -0.2) is 0 Å². The lowest BCUT2D eigenvalue weighted by Crippen LogP contribution is -2.32. The van der Waals surface area contributed by atoms with E-state index in [1.807, 2.05) is 38.1 Å². The summed E-state index contributed by atoms with van der Waals surface area (Å²) in [7, 11) is 1.57. The van der Waals surface area contributed by atoms with Crippen LogP contribution in [-0.4, -0.2) is 31.1 Å². The van der Waals surface area contributed by atoms with Crippen molar-refractivity contribution in [1.82, 2.24) is 4.90 Å². The van der Waals surface area contributed by atoms with E-state index in [9.17, 15) is 9.59 Å². The van der Waals surface area contributed by atoms with Crippen molar-refractivity contribution in [2.45, 2.75) is 19.9 Å². The largest absolute Gasteiger partial charge is 0.450 e. The maximum atomic E-state index is 13.4. The standard InChI is InChI=1S/C22H20ClNO4/c1-12-9-16-17(10-13(12)2)28-21-18(20(16)25)19(14-5-4-6-15(23)11-14)24(22(21)26)7-8-27-3/h4-6,9-11,19H,7-8H2,1-3H3. The molecule has 1 aliphatic rings. The van der Waals surface area contributed by atoms with Gasteiger partial charge in [-0.3, -0.25) is 9.59 Å². The third kappa shape index (κ3) is 2.91. The molecule has 2 heterocycles. The normalized spacial score (nSPS) is 16.1. The van der Waals surface area contributed by atoms with E-state index in [-0.39, 0.29) is 17.1 Å². The van der Waals surface area contributed by atoms with Gasteiger partial charge in [0.2, 0.25) is 5.76 Å². The van der Waals surface area contributed by atoms with Crippen LogP contribution >= 0.6 is 11.6 Å². The molecule has 28 heavy (non-hydrogen) atoms. The Labute approximate surface area is 167 Å².